The maximum Gasteiger partial charge on any atom is 0.234 e. The van der Waals surface area contributed by atoms with E-state index in [1.54, 1.807) is 0 Å². The molecular formula is C22H28N2O3. The average Bonchev–Trinajstić information content (AvgIpc) is 2.66. The van der Waals surface area contributed by atoms with Crippen molar-refractivity contribution in [3.05, 3.63) is 60.2 Å². The average molecular weight is 368 g/mol. The minimum absolute atomic E-state index is 0.00827. The summed E-state index contributed by atoms with van der Waals surface area (Å²) in [6.07, 6.45) is -0.184. The van der Waals surface area contributed by atoms with Crippen molar-refractivity contribution in [3.63, 3.8) is 0 Å². The van der Waals surface area contributed by atoms with Crippen molar-refractivity contribution < 1.29 is 14.3 Å². The second-order valence-electron chi connectivity index (χ2n) is 7.89. The summed E-state index contributed by atoms with van der Waals surface area (Å²) in [7, 11) is 0. The van der Waals surface area contributed by atoms with Gasteiger partial charge in [0.05, 0.1) is 13.1 Å². The van der Waals surface area contributed by atoms with Crippen LogP contribution < -0.4 is 20.1 Å². The summed E-state index contributed by atoms with van der Waals surface area (Å²) in [6, 6.07) is 17.9. The smallest absolute Gasteiger partial charge is 0.234 e. The van der Waals surface area contributed by atoms with Crippen molar-refractivity contribution in [1.29, 1.82) is 0 Å². The molecule has 0 saturated heterocycles. The number of hydrogen-bond acceptors (Lipinski definition) is 4. The fourth-order valence-corrected chi connectivity index (χ4v) is 3.22. The third-order valence-corrected chi connectivity index (χ3v) is 4.56. The number of rotatable bonds is 6. The first kappa shape index (κ1) is 19.2. The van der Waals surface area contributed by atoms with Crippen molar-refractivity contribution >= 4 is 5.91 Å². The van der Waals surface area contributed by atoms with Gasteiger partial charge in [0.15, 0.2) is 11.5 Å². The standard InChI is InChI=1S/C22H28N2O3/c1-22(2,3)21(16-9-5-4-6-10-16)24-14-20(25)23-13-17-15-26-18-11-7-8-12-19(18)27-17/h4-12,17,21,24H,13-15H2,1-3H3,(H,23,25). The molecule has 5 heteroatoms. The molecular weight excluding hydrogens is 340 g/mol. The first-order chi connectivity index (χ1) is 12.9. The molecule has 0 bridgehead atoms. The lowest BCUT2D eigenvalue weighted by molar-refractivity contribution is -0.121. The number of fused-ring (bicyclic) bond motifs is 1. The van der Waals surface area contributed by atoms with Gasteiger partial charge in [-0.05, 0) is 23.1 Å². The van der Waals surface area contributed by atoms with E-state index in [2.05, 4.69) is 43.5 Å². The van der Waals surface area contributed by atoms with Crippen LogP contribution >= 0.6 is 0 Å². The molecule has 1 amide bonds. The topological polar surface area (TPSA) is 59.6 Å². The van der Waals surface area contributed by atoms with Crippen LogP contribution in [0.5, 0.6) is 11.5 Å². The van der Waals surface area contributed by atoms with Crippen LogP contribution in [-0.2, 0) is 4.79 Å². The van der Waals surface area contributed by atoms with Crippen LogP contribution in [0, 0.1) is 5.41 Å². The van der Waals surface area contributed by atoms with Gasteiger partial charge in [0.25, 0.3) is 0 Å². The maximum absolute atomic E-state index is 12.3. The van der Waals surface area contributed by atoms with Crippen LogP contribution in [0.25, 0.3) is 0 Å². The predicted octanol–water partition coefficient (Wildman–Crippen LogP) is 3.32. The Hall–Kier alpha value is -2.53. The summed E-state index contributed by atoms with van der Waals surface area (Å²) in [5, 5.41) is 6.33. The van der Waals surface area contributed by atoms with Gasteiger partial charge >= 0.3 is 0 Å². The molecule has 0 aromatic heterocycles. The molecule has 0 fully saturated rings. The number of benzene rings is 2. The highest BCUT2D eigenvalue weighted by atomic mass is 16.6. The predicted molar refractivity (Wildman–Crippen MR) is 106 cm³/mol. The van der Waals surface area contributed by atoms with Gasteiger partial charge in [0, 0.05) is 6.04 Å². The van der Waals surface area contributed by atoms with E-state index in [9.17, 15) is 4.79 Å². The molecule has 2 atom stereocenters. The van der Waals surface area contributed by atoms with E-state index in [1.807, 2.05) is 42.5 Å². The second-order valence-corrected chi connectivity index (χ2v) is 7.89. The first-order valence-electron chi connectivity index (χ1n) is 9.37. The highest BCUT2D eigenvalue weighted by Crippen LogP contribution is 2.32. The van der Waals surface area contributed by atoms with Crippen LogP contribution in [0.3, 0.4) is 0 Å². The third kappa shape index (κ3) is 5.23. The molecule has 0 radical (unpaired) electrons. The molecule has 5 nitrogen and oxygen atoms in total. The summed E-state index contributed by atoms with van der Waals surface area (Å²) < 4.78 is 11.5. The van der Waals surface area contributed by atoms with E-state index in [0.29, 0.717) is 13.2 Å². The monoisotopic (exact) mass is 368 g/mol. The first-order valence-corrected chi connectivity index (χ1v) is 9.37. The van der Waals surface area contributed by atoms with Crippen molar-refractivity contribution in [1.82, 2.24) is 10.6 Å². The number of para-hydroxylation sites is 2. The number of carbonyl (C=O) groups excluding carboxylic acids is 1. The Morgan fingerprint density at radius 2 is 1.74 bits per heavy atom. The lowest BCUT2D eigenvalue weighted by Crippen LogP contribution is -2.45. The van der Waals surface area contributed by atoms with Crippen LogP contribution in [0.4, 0.5) is 0 Å². The Balaban J connectivity index is 1.49. The summed E-state index contributed by atoms with van der Waals surface area (Å²) in [5.41, 5.74) is 1.17. The maximum atomic E-state index is 12.3. The van der Waals surface area contributed by atoms with E-state index >= 15 is 0 Å². The van der Waals surface area contributed by atoms with Crippen LogP contribution in [-0.4, -0.2) is 31.7 Å². The van der Waals surface area contributed by atoms with E-state index in [4.69, 9.17) is 9.47 Å². The largest absolute Gasteiger partial charge is 0.486 e. The van der Waals surface area contributed by atoms with Gasteiger partial charge in [-0.25, -0.2) is 0 Å². The molecule has 1 aliphatic heterocycles. The SMILES string of the molecule is CC(C)(C)C(NCC(=O)NCC1COc2ccccc2O1)c1ccccc1. The molecule has 2 aromatic carbocycles. The Kier molecular flexibility index (Phi) is 6.01. The highest BCUT2D eigenvalue weighted by Gasteiger charge is 2.26. The lowest BCUT2D eigenvalue weighted by atomic mass is 9.82. The van der Waals surface area contributed by atoms with Crippen molar-refractivity contribution in [2.45, 2.75) is 32.9 Å². The van der Waals surface area contributed by atoms with E-state index in [1.165, 1.54) is 5.56 Å². The number of carbonyl (C=O) groups is 1. The number of nitrogens with one attached hydrogen (secondary N) is 2. The highest BCUT2D eigenvalue weighted by molar-refractivity contribution is 5.78. The Bertz CT molecular complexity index is 756. The minimum atomic E-state index is -0.184. The molecule has 3 rings (SSSR count). The quantitative estimate of drug-likeness (QED) is 0.821. The van der Waals surface area contributed by atoms with Gasteiger partial charge in [-0.2, -0.15) is 0 Å². The van der Waals surface area contributed by atoms with Crippen molar-refractivity contribution in [3.8, 4) is 11.5 Å². The Morgan fingerprint density at radius 1 is 1.07 bits per heavy atom. The Labute approximate surface area is 161 Å². The van der Waals surface area contributed by atoms with Gasteiger partial charge in [-0.3, -0.25) is 4.79 Å². The molecule has 0 saturated carbocycles. The third-order valence-electron chi connectivity index (χ3n) is 4.56. The fourth-order valence-electron chi connectivity index (χ4n) is 3.22. The number of hydrogen-bond donors (Lipinski definition) is 2. The summed E-state index contributed by atoms with van der Waals surface area (Å²) in [6.45, 7) is 7.60. The molecule has 0 spiro atoms. The summed E-state index contributed by atoms with van der Waals surface area (Å²) >= 11 is 0. The van der Waals surface area contributed by atoms with Gasteiger partial charge in [-0.15, -0.1) is 0 Å². The fraction of sp³-hybridized carbons (Fsp3) is 0.409. The van der Waals surface area contributed by atoms with Crippen LogP contribution in [0.15, 0.2) is 54.6 Å². The van der Waals surface area contributed by atoms with E-state index in [0.717, 1.165) is 11.5 Å². The van der Waals surface area contributed by atoms with E-state index in [-0.39, 0.29) is 30.0 Å². The molecule has 1 heterocycles. The molecule has 1 aliphatic rings. The molecule has 2 N–H and O–H groups in total. The molecule has 27 heavy (non-hydrogen) atoms. The van der Waals surface area contributed by atoms with Crippen molar-refractivity contribution in [2.75, 3.05) is 19.7 Å². The number of ether oxygens (including phenoxy) is 2. The lowest BCUT2D eigenvalue weighted by Gasteiger charge is -2.32. The number of amides is 1. The second kappa shape index (κ2) is 8.44. The zero-order valence-electron chi connectivity index (χ0n) is 16.2. The molecule has 2 aromatic rings. The Morgan fingerprint density at radius 3 is 2.44 bits per heavy atom. The zero-order valence-corrected chi connectivity index (χ0v) is 16.2. The van der Waals surface area contributed by atoms with Crippen molar-refractivity contribution in [2.24, 2.45) is 5.41 Å². The molecule has 144 valence electrons. The normalized spacial score (nSPS) is 17.2. The molecule has 2 unspecified atom stereocenters. The van der Waals surface area contributed by atoms with E-state index < -0.39 is 0 Å². The summed E-state index contributed by atoms with van der Waals surface area (Å²) in [4.78, 5) is 12.3. The zero-order chi connectivity index (χ0) is 19.3. The molecule has 0 aliphatic carbocycles. The van der Waals surface area contributed by atoms with Crippen LogP contribution in [0.1, 0.15) is 32.4 Å². The van der Waals surface area contributed by atoms with Gasteiger partial charge < -0.3 is 20.1 Å². The van der Waals surface area contributed by atoms with Crippen LogP contribution in [0.2, 0.25) is 0 Å². The summed E-state index contributed by atoms with van der Waals surface area (Å²) in [5.74, 6) is 1.42. The van der Waals surface area contributed by atoms with Gasteiger partial charge in [0.1, 0.15) is 12.7 Å². The minimum Gasteiger partial charge on any atom is -0.486 e. The van der Waals surface area contributed by atoms with Gasteiger partial charge in [-0.1, -0.05) is 63.2 Å². The van der Waals surface area contributed by atoms with Gasteiger partial charge in [0.2, 0.25) is 5.91 Å².